The van der Waals surface area contributed by atoms with E-state index in [2.05, 4.69) is 28.2 Å². The van der Waals surface area contributed by atoms with Crippen LogP contribution in [0.2, 0.25) is 0 Å². The number of hydrogen-bond acceptors (Lipinski definition) is 3. The van der Waals surface area contributed by atoms with Crippen LogP contribution in [0.3, 0.4) is 0 Å². The monoisotopic (exact) mass is 317 g/mol. The van der Waals surface area contributed by atoms with Crippen molar-refractivity contribution < 1.29 is 4.79 Å². The number of pyridine rings is 2. The molecule has 2 aromatic heterocycles. The highest BCUT2D eigenvalue weighted by Gasteiger charge is 2.27. The Hall–Kier alpha value is -2.75. The summed E-state index contributed by atoms with van der Waals surface area (Å²) >= 11 is 0. The van der Waals surface area contributed by atoms with Gasteiger partial charge in [-0.05, 0) is 48.6 Å². The molecule has 1 aliphatic rings. The van der Waals surface area contributed by atoms with Crippen molar-refractivity contribution in [2.24, 2.45) is 5.92 Å². The van der Waals surface area contributed by atoms with Crippen molar-refractivity contribution in [3.63, 3.8) is 0 Å². The first-order valence-electron chi connectivity index (χ1n) is 8.33. The average molecular weight is 317 g/mol. The molecule has 0 saturated carbocycles. The van der Waals surface area contributed by atoms with E-state index in [1.807, 2.05) is 35.4 Å². The largest absolute Gasteiger partial charge is 0.338 e. The van der Waals surface area contributed by atoms with E-state index in [-0.39, 0.29) is 5.91 Å². The minimum atomic E-state index is 0.0881. The van der Waals surface area contributed by atoms with Crippen LogP contribution in [0.25, 0.3) is 10.9 Å². The molecule has 0 unspecified atom stereocenters. The molecule has 3 heterocycles. The van der Waals surface area contributed by atoms with Crippen LogP contribution < -0.4 is 0 Å². The average Bonchev–Trinajstić information content (AvgIpc) is 3.11. The predicted molar refractivity (Wildman–Crippen MR) is 93.7 cm³/mol. The van der Waals surface area contributed by atoms with Crippen LogP contribution in [0.5, 0.6) is 0 Å². The van der Waals surface area contributed by atoms with Crippen molar-refractivity contribution in [1.82, 2.24) is 14.9 Å². The molecule has 3 aromatic rings. The number of carbonyl (C=O) groups excluding carboxylic acids is 1. The summed E-state index contributed by atoms with van der Waals surface area (Å²) in [5.41, 5.74) is 3.03. The lowest BCUT2D eigenvalue weighted by molar-refractivity contribution is 0.0786. The molecule has 1 aliphatic heterocycles. The van der Waals surface area contributed by atoms with Crippen molar-refractivity contribution in [1.29, 1.82) is 0 Å². The first kappa shape index (κ1) is 14.8. The number of carbonyl (C=O) groups is 1. The Kier molecular flexibility index (Phi) is 3.95. The molecule has 0 bridgehead atoms. The Bertz CT molecular complexity index is 858. The number of amides is 1. The Labute approximate surface area is 141 Å². The third-order valence-electron chi connectivity index (χ3n) is 4.73. The molecule has 1 fully saturated rings. The molecule has 4 nitrogen and oxygen atoms in total. The number of fused-ring (bicyclic) bond motifs is 1. The molecule has 0 N–H and O–H groups in total. The summed E-state index contributed by atoms with van der Waals surface area (Å²) in [6, 6.07) is 14.0. The van der Waals surface area contributed by atoms with E-state index in [1.54, 1.807) is 12.4 Å². The molecule has 4 rings (SSSR count). The smallest absolute Gasteiger partial charge is 0.255 e. The first-order valence-corrected chi connectivity index (χ1v) is 8.33. The minimum absolute atomic E-state index is 0.0881. The minimum Gasteiger partial charge on any atom is -0.338 e. The molecule has 24 heavy (non-hydrogen) atoms. The molecule has 120 valence electrons. The fraction of sp³-hybridized carbons (Fsp3) is 0.250. The van der Waals surface area contributed by atoms with E-state index in [1.165, 1.54) is 10.9 Å². The highest BCUT2D eigenvalue weighted by molar-refractivity contribution is 5.94. The second kappa shape index (κ2) is 6.40. The summed E-state index contributed by atoms with van der Waals surface area (Å²) in [6.07, 6.45) is 7.20. The zero-order valence-corrected chi connectivity index (χ0v) is 13.4. The molecule has 1 atom stereocenters. The third kappa shape index (κ3) is 2.87. The van der Waals surface area contributed by atoms with Crippen molar-refractivity contribution in [2.45, 2.75) is 12.8 Å². The van der Waals surface area contributed by atoms with E-state index >= 15 is 0 Å². The number of nitrogens with zero attached hydrogens (tertiary/aromatic N) is 3. The van der Waals surface area contributed by atoms with Gasteiger partial charge < -0.3 is 4.90 Å². The second-order valence-corrected chi connectivity index (χ2v) is 6.34. The number of benzene rings is 1. The number of likely N-dealkylation sites (tertiary alicyclic amines) is 1. The van der Waals surface area contributed by atoms with Gasteiger partial charge in [0.1, 0.15) is 0 Å². The van der Waals surface area contributed by atoms with Gasteiger partial charge in [0.05, 0.1) is 11.1 Å². The van der Waals surface area contributed by atoms with E-state index in [0.717, 1.165) is 31.4 Å². The highest BCUT2D eigenvalue weighted by Crippen LogP contribution is 2.25. The van der Waals surface area contributed by atoms with Gasteiger partial charge >= 0.3 is 0 Å². The fourth-order valence-electron chi connectivity index (χ4n) is 3.51. The lowest BCUT2D eigenvalue weighted by atomic mass is 9.96. The summed E-state index contributed by atoms with van der Waals surface area (Å²) < 4.78 is 0. The number of hydrogen-bond donors (Lipinski definition) is 0. The summed E-state index contributed by atoms with van der Waals surface area (Å²) in [5, 5.41) is 1.22. The highest BCUT2D eigenvalue weighted by atomic mass is 16.2. The summed E-state index contributed by atoms with van der Waals surface area (Å²) in [6.45, 7) is 1.63. The van der Waals surface area contributed by atoms with Crippen molar-refractivity contribution in [2.75, 3.05) is 13.1 Å². The maximum atomic E-state index is 12.5. The Morgan fingerprint density at radius 3 is 2.92 bits per heavy atom. The zero-order chi connectivity index (χ0) is 16.4. The van der Waals surface area contributed by atoms with Gasteiger partial charge in [0.15, 0.2) is 0 Å². The van der Waals surface area contributed by atoms with Crippen LogP contribution in [-0.2, 0) is 6.42 Å². The lowest BCUT2D eigenvalue weighted by Crippen LogP contribution is -2.29. The molecule has 4 heteroatoms. The predicted octanol–water partition coefficient (Wildman–Crippen LogP) is 3.33. The van der Waals surface area contributed by atoms with E-state index < -0.39 is 0 Å². The fourth-order valence-corrected chi connectivity index (χ4v) is 3.51. The Morgan fingerprint density at radius 1 is 1.12 bits per heavy atom. The SMILES string of the molecule is O=C(c1cccnc1)N1CC[C@H](Cc2cccc3ncccc23)C1. The third-order valence-corrected chi connectivity index (χ3v) is 4.73. The van der Waals surface area contributed by atoms with Gasteiger partial charge in [0.2, 0.25) is 0 Å². The van der Waals surface area contributed by atoms with Gasteiger partial charge in [-0.15, -0.1) is 0 Å². The van der Waals surface area contributed by atoms with E-state index in [4.69, 9.17) is 0 Å². The van der Waals surface area contributed by atoms with Gasteiger partial charge in [-0.25, -0.2) is 0 Å². The van der Waals surface area contributed by atoms with Crippen LogP contribution in [0.4, 0.5) is 0 Å². The zero-order valence-electron chi connectivity index (χ0n) is 13.4. The molecular formula is C20H19N3O. The van der Waals surface area contributed by atoms with Gasteiger partial charge in [-0.3, -0.25) is 14.8 Å². The topological polar surface area (TPSA) is 46.1 Å². The Balaban J connectivity index is 1.48. The quantitative estimate of drug-likeness (QED) is 0.744. The van der Waals surface area contributed by atoms with E-state index in [9.17, 15) is 4.79 Å². The maximum absolute atomic E-state index is 12.5. The van der Waals surface area contributed by atoms with Gasteiger partial charge in [-0.2, -0.15) is 0 Å². The van der Waals surface area contributed by atoms with Gasteiger partial charge in [0.25, 0.3) is 5.91 Å². The molecule has 1 amide bonds. The molecular weight excluding hydrogens is 298 g/mol. The molecule has 0 radical (unpaired) electrons. The van der Waals surface area contributed by atoms with Crippen molar-refractivity contribution in [3.05, 3.63) is 72.2 Å². The van der Waals surface area contributed by atoms with Crippen LogP contribution >= 0.6 is 0 Å². The van der Waals surface area contributed by atoms with Crippen molar-refractivity contribution >= 4 is 16.8 Å². The van der Waals surface area contributed by atoms with E-state index in [0.29, 0.717) is 11.5 Å². The van der Waals surface area contributed by atoms with Crippen molar-refractivity contribution in [3.8, 4) is 0 Å². The molecule has 1 aromatic carbocycles. The van der Waals surface area contributed by atoms with Crippen LogP contribution in [0, 0.1) is 5.92 Å². The summed E-state index contributed by atoms with van der Waals surface area (Å²) in [7, 11) is 0. The Morgan fingerprint density at radius 2 is 2.04 bits per heavy atom. The van der Waals surface area contributed by atoms with Crippen LogP contribution in [0.15, 0.2) is 61.1 Å². The van der Waals surface area contributed by atoms with Gasteiger partial charge in [-0.1, -0.05) is 18.2 Å². The number of rotatable bonds is 3. The standard InChI is InChI=1S/C20H19N3O/c24-20(17-5-2-9-21-13-17)23-11-8-15(14-23)12-16-4-1-7-19-18(16)6-3-10-22-19/h1-7,9-10,13,15H,8,11-12,14H2/t15-/m1/s1. The first-order chi connectivity index (χ1) is 11.8. The normalized spacial score (nSPS) is 17.3. The molecule has 0 aliphatic carbocycles. The van der Waals surface area contributed by atoms with Crippen LogP contribution in [0.1, 0.15) is 22.3 Å². The lowest BCUT2D eigenvalue weighted by Gasteiger charge is -2.17. The van der Waals surface area contributed by atoms with Crippen LogP contribution in [-0.4, -0.2) is 33.9 Å². The maximum Gasteiger partial charge on any atom is 0.255 e. The van der Waals surface area contributed by atoms with Gasteiger partial charge in [0, 0.05) is 37.1 Å². The second-order valence-electron chi connectivity index (χ2n) is 6.34. The molecule has 0 spiro atoms. The molecule has 1 saturated heterocycles. The summed E-state index contributed by atoms with van der Waals surface area (Å²) in [5.74, 6) is 0.585. The number of aromatic nitrogens is 2. The summed E-state index contributed by atoms with van der Waals surface area (Å²) in [4.78, 5) is 23.0.